The van der Waals surface area contributed by atoms with Crippen molar-refractivity contribution in [3.8, 4) is 0 Å². The van der Waals surface area contributed by atoms with Crippen LogP contribution in [0.4, 0.5) is 0 Å². The lowest BCUT2D eigenvalue weighted by Crippen LogP contribution is -2.21. The van der Waals surface area contributed by atoms with E-state index >= 15 is 0 Å². The minimum absolute atomic E-state index is 0.0779. The molecule has 0 aliphatic carbocycles. The SMILES string of the molecule is O=C(Cc1c[nH]c2ccccc12)O[C@@H](C(=O)c1c[nH]c2ccccc12)c1ccccc1. The number of Topliss-reactive ketones (excluding diaryl/α,β-unsaturated/α-hetero) is 1. The largest absolute Gasteiger partial charge is 0.449 e. The Morgan fingerprint density at radius 2 is 1.35 bits per heavy atom. The molecule has 0 aliphatic heterocycles. The third kappa shape index (κ3) is 3.62. The summed E-state index contributed by atoms with van der Waals surface area (Å²) in [7, 11) is 0. The van der Waals surface area contributed by atoms with Gasteiger partial charge >= 0.3 is 5.97 Å². The number of carbonyl (C=O) groups is 2. The number of aromatic amines is 2. The molecular formula is C26H20N2O3. The first kappa shape index (κ1) is 18.9. The van der Waals surface area contributed by atoms with Crippen molar-refractivity contribution < 1.29 is 14.3 Å². The monoisotopic (exact) mass is 408 g/mol. The predicted octanol–water partition coefficient (Wildman–Crippen LogP) is 5.36. The number of H-pyrrole nitrogens is 2. The fourth-order valence-corrected chi connectivity index (χ4v) is 3.92. The molecule has 5 heteroatoms. The van der Waals surface area contributed by atoms with Crippen molar-refractivity contribution in [3.63, 3.8) is 0 Å². The third-order valence-corrected chi connectivity index (χ3v) is 5.45. The van der Waals surface area contributed by atoms with Gasteiger partial charge in [-0.15, -0.1) is 0 Å². The first-order valence-electron chi connectivity index (χ1n) is 10.1. The van der Waals surface area contributed by atoms with Gasteiger partial charge in [0.2, 0.25) is 5.78 Å². The Balaban J connectivity index is 1.45. The third-order valence-electron chi connectivity index (χ3n) is 5.45. The summed E-state index contributed by atoms with van der Waals surface area (Å²) in [6.45, 7) is 0. The lowest BCUT2D eigenvalue weighted by Gasteiger charge is -2.17. The quantitative estimate of drug-likeness (QED) is 0.293. The lowest BCUT2D eigenvalue weighted by atomic mass is 9.99. The van der Waals surface area contributed by atoms with Crippen LogP contribution in [0.3, 0.4) is 0 Å². The highest BCUT2D eigenvalue weighted by Gasteiger charge is 2.28. The summed E-state index contributed by atoms with van der Waals surface area (Å²) < 4.78 is 5.78. The highest BCUT2D eigenvalue weighted by atomic mass is 16.5. The molecule has 0 aliphatic rings. The van der Waals surface area contributed by atoms with Crippen molar-refractivity contribution in [2.24, 2.45) is 0 Å². The lowest BCUT2D eigenvalue weighted by molar-refractivity contribution is -0.146. The minimum Gasteiger partial charge on any atom is -0.449 e. The second-order valence-corrected chi connectivity index (χ2v) is 7.43. The van der Waals surface area contributed by atoms with Crippen LogP contribution in [0.15, 0.2) is 91.3 Å². The number of aromatic nitrogens is 2. The maximum atomic E-state index is 13.5. The number of nitrogens with one attached hydrogen (secondary N) is 2. The fraction of sp³-hybridized carbons (Fsp3) is 0.0769. The molecule has 2 heterocycles. The average molecular weight is 408 g/mol. The highest BCUT2D eigenvalue weighted by molar-refractivity contribution is 6.10. The number of rotatable bonds is 6. The number of ether oxygens (including phenoxy) is 1. The van der Waals surface area contributed by atoms with Gasteiger partial charge in [-0.25, -0.2) is 0 Å². The molecule has 5 rings (SSSR count). The normalized spacial score (nSPS) is 12.1. The Labute approximate surface area is 178 Å². The van der Waals surface area contributed by atoms with Crippen molar-refractivity contribution in [1.82, 2.24) is 9.97 Å². The average Bonchev–Trinajstić information content (AvgIpc) is 3.42. The van der Waals surface area contributed by atoms with Crippen LogP contribution in [0.25, 0.3) is 21.8 Å². The van der Waals surface area contributed by atoms with Crippen LogP contribution in [0.1, 0.15) is 27.6 Å². The van der Waals surface area contributed by atoms with E-state index in [4.69, 9.17) is 4.74 Å². The Bertz CT molecular complexity index is 1380. The van der Waals surface area contributed by atoms with Gasteiger partial charge in [-0.2, -0.15) is 0 Å². The number of esters is 1. The molecule has 2 N–H and O–H groups in total. The first-order chi connectivity index (χ1) is 15.2. The predicted molar refractivity (Wildman–Crippen MR) is 120 cm³/mol. The van der Waals surface area contributed by atoms with Crippen molar-refractivity contribution >= 4 is 33.6 Å². The van der Waals surface area contributed by atoms with Crippen LogP contribution in [-0.4, -0.2) is 21.7 Å². The number of fused-ring (bicyclic) bond motifs is 2. The molecular weight excluding hydrogens is 388 g/mol. The van der Waals surface area contributed by atoms with Crippen LogP contribution in [-0.2, 0) is 16.0 Å². The van der Waals surface area contributed by atoms with Crippen molar-refractivity contribution in [2.45, 2.75) is 12.5 Å². The number of benzene rings is 3. The molecule has 5 aromatic rings. The van der Waals surface area contributed by atoms with Gasteiger partial charge in [0.25, 0.3) is 0 Å². The van der Waals surface area contributed by atoms with Crippen molar-refractivity contribution in [3.05, 3.63) is 108 Å². The van der Waals surface area contributed by atoms with Gasteiger partial charge < -0.3 is 14.7 Å². The maximum Gasteiger partial charge on any atom is 0.311 e. The maximum absolute atomic E-state index is 13.5. The van der Waals surface area contributed by atoms with E-state index in [-0.39, 0.29) is 12.2 Å². The Kier molecular flexibility index (Phi) is 4.84. The zero-order valence-electron chi connectivity index (χ0n) is 16.7. The summed E-state index contributed by atoms with van der Waals surface area (Å²) in [5.41, 5.74) is 3.81. The Morgan fingerprint density at radius 1 is 0.742 bits per heavy atom. The van der Waals surface area contributed by atoms with Crippen LogP contribution in [0.2, 0.25) is 0 Å². The van der Waals surface area contributed by atoms with Crippen molar-refractivity contribution in [2.75, 3.05) is 0 Å². The molecule has 5 nitrogen and oxygen atoms in total. The number of hydrogen-bond acceptors (Lipinski definition) is 3. The first-order valence-corrected chi connectivity index (χ1v) is 10.1. The van der Waals surface area contributed by atoms with E-state index in [0.29, 0.717) is 11.1 Å². The molecule has 3 aromatic carbocycles. The van der Waals surface area contributed by atoms with E-state index in [1.54, 1.807) is 18.3 Å². The molecule has 0 saturated carbocycles. The molecule has 0 spiro atoms. The van der Waals surface area contributed by atoms with Gasteiger partial charge in [0.15, 0.2) is 6.10 Å². The minimum atomic E-state index is -1.02. The summed E-state index contributed by atoms with van der Waals surface area (Å²) in [4.78, 5) is 32.6. The van der Waals surface area contributed by atoms with Gasteiger partial charge in [-0.3, -0.25) is 9.59 Å². The second kappa shape index (κ2) is 7.95. The molecule has 0 amide bonds. The number of carbonyl (C=O) groups excluding carboxylic acids is 2. The number of para-hydroxylation sites is 2. The molecule has 0 radical (unpaired) electrons. The summed E-state index contributed by atoms with van der Waals surface area (Å²) in [6, 6.07) is 24.5. The van der Waals surface area contributed by atoms with E-state index in [1.807, 2.05) is 72.9 Å². The summed E-state index contributed by atoms with van der Waals surface area (Å²) in [6.07, 6.45) is 2.55. The standard InChI is InChI=1S/C26H20N2O3/c29-24(14-18-15-27-22-12-6-4-10-19(18)22)31-26(17-8-2-1-3-9-17)25(30)21-16-28-23-13-7-5-11-20(21)23/h1-13,15-16,26-28H,14H2/t26-/m1/s1. The zero-order valence-corrected chi connectivity index (χ0v) is 16.7. The molecule has 0 bridgehead atoms. The summed E-state index contributed by atoms with van der Waals surface area (Å²) in [5, 5.41) is 1.78. The van der Waals surface area contributed by atoms with Crippen LogP contribution < -0.4 is 0 Å². The fourth-order valence-electron chi connectivity index (χ4n) is 3.92. The topological polar surface area (TPSA) is 75.0 Å². The van der Waals surface area contributed by atoms with Gasteiger partial charge in [-0.1, -0.05) is 66.7 Å². The van der Waals surface area contributed by atoms with Gasteiger partial charge in [0.1, 0.15) is 0 Å². The zero-order chi connectivity index (χ0) is 21.2. The van der Waals surface area contributed by atoms with Crippen LogP contribution in [0, 0.1) is 0 Å². The molecule has 0 unspecified atom stereocenters. The van der Waals surface area contributed by atoms with E-state index in [2.05, 4.69) is 9.97 Å². The van der Waals surface area contributed by atoms with E-state index in [0.717, 1.165) is 27.4 Å². The van der Waals surface area contributed by atoms with E-state index in [1.165, 1.54) is 0 Å². The van der Waals surface area contributed by atoms with Gasteiger partial charge in [-0.05, 0) is 17.7 Å². The second-order valence-electron chi connectivity index (χ2n) is 7.43. The molecule has 152 valence electrons. The molecule has 1 atom stereocenters. The molecule has 0 saturated heterocycles. The highest BCUT2D eigenvalue weighted by Crippen LogP contribution is 2.28. The summed E-state index contributed by atoms with van der Waals surface area (Å²) in [5.74, 6) is -0.706. The van der Waals surface area contributed by atoms with Gasteiger partial charge in [0.05, 0.1) is 6.42 Å². The van der Waals surface area contributed by atoms with E-state index in [9.17, 15) is 9.59 Å². The van der Waals surface area contributed by atoms with Gasteiger partial charge in [0, 0.05) is 45.3 Å². The number of hydrogen-bond donors (Lipinski definition) is 2. The molecule has 0 fully saturated rings. The van der Waals surface area contributed by atoms with E-state index < -0.39 is 12.1 Å². The van der Waals surface area contributed by atoms with Crippen LogP contribution >= 0.6 is 0 Å². The van der Waals surface area contributed by atoms with Crippen LogP contribution in [0.5, 0.6) is 0 Å². The Hall–Kier alpha value is -4.12. The molecule has 31 heavy (non-hydrogen) atoms. The summed E-state index contributed by atoms with van der Waals surface area (Å²) >= 11 is 0. The number of ketones is 1. The van der Waals surface area contributed by atoms with Crippen molar-refractivity contribution in [1.29, 1.82) is 0 Å². The Morgan fingerprint density at radius 3 is 2.13 bits per heavy atom. The smallest absolute Gasteiger partial charge is 0.311 e. The molecule has 2 aromatic heterocycles.